The topological polar surface area (TPSA) is 51.0 Å². The largest absolute Gasteiger partial charge is 0.308 e. The smallest absolute Gasteiger partial charge is 0.240 e. The van der Waals surface area contributed by atoms with Crippen LogP contribution in [0.2, 0.25) is 0 Å². The Bertz CT molecular complexity index is 855. The average Bonchev–Trinajstić information content (AvgIpc) is 3.56. The molecule has 6 heteroatoms. The molecule has 5 nitrogen and oxygen atoms in total. The summed E-state index contributed by atoms with van der Waals surface area (Å²) >= 11 is 1.57. The molecule has 2 atom stereocenters. The number of fused-ring (bicyclic) bond motifs is 1. The summed E-state index contributed by atoms with van der Waals surface area (Å²) in [6, 6.07) is 9.02. The SMILES string of the molecule is C[C@H](Sc1nnc(C2CC2)n1C1CC1)C(=O)N1c2ccccc2C[C@@H]1C. The van der Waals surface area contributed by atoms with Gasteiger partial charge in [-0.25, -0.2) is 0 Å². The fourth-order valence-corrected chi connectivity index (χ4v) is 4.95. The molecule has 1 aromatic carbocycles. The number of amides is 1. The normalized spacial score (nSPS) is 23.2. The molecule has 2 fully saturated rings. The molecule has 2 saturated carbocycles. The quantitative estimate of drug-likeness (QED) is 0.750. The lowest BCUT2D eigenvalue weighted by Crippen LogP contribution is -2.40. The zero-order valence-corrected chi connectivity index (χ0v) is 16.1. The molecule has 1 amide bonds. The number of benzene rings is 1. The molecule has 0 unspecified atom stereocenters. The molecule has 2 aromatic rings. The van der Waals surface area contributed by atoms with Gasteiger partial charge in [-0.3, -0.25) is 4.79 Å². The van der Waals surface area contributed by atoms with Crippen LogP contribution in [0.4, 0.5) is 5.69 Å². The van der Waals surface area contributed by atoms with E-state index < -0.39 is 0 Å². The Balaban J connectivity index is 1.38. The van der Waals surface area contributed by atoms with E-state index in [1.165, 1.54) is 31.2 Å². The number of carbonyl (C=O) groups excluding carboxylic acids is 1. The molecule has 5 rings (SSSR count). The summed E-state index contributed by atoms with van der Waals surface area (Å²) in [6.45, 7) is 4.14. The first-order valence-electron chi connectivity index (χ1n) is 9.66. The van der Waals surface area contributed by atoms with Gasteiger partial charge in [-0.1, -0.05) is 30.0 Å². The lowest BCUT2D eigenvalue weighted by Gasteiger charge is -2.25. The van der Waals surface area contributed by atoms with E-state index in [9.17, 15) is 4.79 Å². The van der Waals surface area contributed by atoms with Gasteiger partial charge in [0.1, 0.15) is 5.82 Å². The van der Waals surface area contributed by atoms with Gasteiger partial charge < -0.3 is 9.47 Å². The van der Waals surface area contributed by atoms with Crippen LogP contribution in [-0.4, -0.2) is 32.0 Å². The third kappa shape index (κ3) is 2.75. The molecule has 2 aliphatic carbocycles. The Morgan fingerprint density at radius 1 is 1.19 bits per heavy atom. The number of nitrogens with zero attached hydrogens (tertiary/aromatic N) is 4. The minimum absolute atomic E-state index is 0.169. The maximum atomic E-state index is 13.2. The lowest BCUT2D eigenvalue weighted by molar-refractivity contribution is -0.118. The molecule has 0 saturated heterocycles. The lowest BCUT2D eigenvalue weighted by atomic mass is 10.1. The summed E-state index contributed by atoms with van der Waals surface area (Å²) in [5, 5.41) is 9.68. The van der Waals surface area contributed by atoms with Crippen LogP contribution >= 0.6 is 11.8 Å². The number of hydrogen-bond acceptors (Lipinski definition) is 4. The summed E-state index contributed by atoms with van der Waals surface area (Å²) in [4.78, 5) is 15.2. The van der Waals surface area contributed by atoms with Gasteiger partial charge in [0.15, 0.2) is 5.16 Å². The van der Waals surface area contributed by atoms with Crippen molar-refractivity contribution in [3.63, 3.8) is 0 Å². The highest BCUT2D eigenvalue weighted by Gasteiger charge is 2.38. The number of hydrogen-bond donors (Lipinski definition) is 0. The molecule has 1 aliphatic heterocycles. The maximum Gasteiger partial charge on any atom is 0.240 e. The minimum Gasteiger partial charge on any atom is -0.308 e. The second-order valence-corrected chi connectivity index (χ2v) is 9.17. The van der Waals surface area contributed by atoms with Crippen LogP contribution in [0, 0.1) is 0 Å². The standard InChI is InChI=1S/C20H24N4OS/c1-12-11-15-5-3-4-6-17(15)23(12)19(25)13(2)26-20-22-21-18(14-7-8-14)24(20)16-9-10-16/h3-6,12-14,16H,7-11H2,1-2H3/t12-,13-/m0/s1. The van der Waals surface area contributed by atoms with Crippen molar-refractivity contribution < 1.29 is 4.79 Å². The zero-order valence-electron chi connectivity index (χ0n) is 15.3. The minimum atomic E-state index is -0.169. The van der Waals surface area contributed by atoms with Crippen molar-refractivity contribution in [2.45, 2.75) is 74.4 Å². The van der Waals surface area contributed by atoms with Gasteiger partial charge in [-0.2, -0.15) is 0 Å². The number of carbonyl (C=O) groups is 1. The summed E-state index contributed by atoms with van der Waals surface area (Å²) in [5.74, 6) is 1.91. The molecule has 0 spiro atoms. The van der Waals surface area contributed by atoms with E-state index in [0.717, 1.165) is 23.1 Å². The predicted octanol–water partition coefficient (Wildman–Crippen LogP) is 3.95. The highest BCUT2D eigenvalue weighted by Crippen LogP contribution is 2.46. The van der Waals surface area contributed by atoms with Crippen molar-refractivity contribution in [2.24, 2.45) is 0 Å². The van der Waals surface area contributed by atoms with Gasteiger partial charge in [0.25, 0.3) is 0 Å². The molecular formula is C20H24N4OS. The maximum absolute atomic E-state index is 13.2. The molecule has 0 N–H and O–H groups in total. The van der Waals surface area contributed by atoms with Crippen molar-refractivity contribution >= 4 is 23.4 Å². The van der Waals surface area contributed by atoms with Crippen LogP contribution in [0.25, 0.3) is 0 Å². The van der Waals surface area contributed by atoms with Crippen LogP contribution in [0.5, 0.6) is 0 Å². The van der Waals surface area contributed by atoms with Crippen molar-refractivity contribution in [3.05, 3.63) is 35.7 Å². The molecule has 136 valence electrons. The van der Waals surface area contributed by atoms with Crippen LogP contribution in [-0.2, 0) is 11.2 Å². The number of aromatic nitrogens is 3. The Kier molecular flexibility index (Phi) is 3.85. The summed E-state index contributed by atoms with van der Waals surface area (Å²) < 4.78 is 2.33. The summed E-state index contributed by atoms with van der Waals surface area (Å²) in [5.41, 5.74) is 2.34. The van der Waals surface area contributed by atoms with E-state index in [-0.39, 0.29) is 17.2 Å². The van der Waals surface area contributed by atoms with E-state index in [1.54, 1.807) is 11.8 Å². The van der Waals surface area contributed by atoms with Gasteiger partial charge in [-0.15, -0.1) is 10.2 Å². The van der Waals surface area contributed by atoms with Crippen molar-refractivity contribution in [2.75, 3.05) is 4.90 Å². The Morgan fingerprint density at radius 3 is 2.69 bits per heavy atom. The molecular weight excluding hydrogens is 344 g/mol. The average molecular weight is 369 g/mol. The second-order valence-electron chi connectivity index (χ2n) is 7.87. The van der Waals surface area contributed by atoms with Crippen LogP contribution in [0.1, 0.15) is 62.9 Å². The summed E-state index contributed by atoms with van der Waals surface area (Å²) in [7, 11) is 0. The number of para-hydroxylation sites is 1. The van der Waals surface area contributed by atoms with Crippen molar-refractivity contribution in [1.29, 1.82) is 0 Å². The van der Waals surface area contributed by atoms with E-state index in [1.807, 2.05) is 17.9 Å². The first-order valence-corrected chi connectivity index (χ1v) is 10.5. The van der Waals surface area contributed by atoms with Gasteiger partial charge in [0.2, 0.25) is 5.91 Å². The van der Waals surface area contributed by atoms with Gasteiger partial charge in [0, 0.05) is 23.7 Å². The summed E-state index contributed by atoms with van der Waals surface area (Å²) in [6.07, 6.45) is 5.82. The van der Waals surface area contributed by atoms with Crippen LogP contribution in [0.3, 0.4) is 0 Å². The molecule has 1 aromatic heterocycles. The van der Waals surface area contributed by atoms with Gasteiger partial charge in [-0.05, 0) is 57.6 Å². The van der Waals surface area contributed by atoms with Crippen LogP contribution < -0.4 is 4.90 Å². The van der Waals surface area contributed by atoms with Gasteiger partial charge >= 0.3 is 0 Å². The molecule has 3 aliphatic rings. The Hall–Kier alpha value is -1.82. The fourth-order valence-electron chi connectivity index (χ4n) is 3.97. The van der Waals surface area contributed by atoms with E-state index in [4.69, 9.17) is 0 Å². The predicted molar refractivity (Wildman–Crippen MR) is 103 cm³/mol. The first kappa shape index (κ1) is 16.4. The molecule has 0 radical (unpaired) electrons. The Labute approximate surface area is 158 Å². The zero-order chi connectivity index (χ0) is 17.8. The van der Waals surface area contributed by atoms with Crippen molar-refractivity contribution in [3.8, 4) is 0 Å². The van der Waals surface area contributed by atoms with Gasteiger partial charge in [0.05, 0.1) is 5.25 Å². The molecule has 26 heavy (non-hydrogen) atoms. The van der Waals surface area contributed by atoms with E-state index in [0.29, 0.717) is 12.0 Å². The van der Waals surface area contributed by atoms with E-state index in [2.05, 4.69) is 39.9 Å². The third-order valence-corrected chi connectivity index (χ3v) is 6.66. The number of thioether (sulfide) groups is 1. The second kappa shape index (κ2) is 6.12. The molecule has 2 heterocycles. The third-order valence-electron chi connectivity index (χ3n) is 5.62. The van der Waals surface area contributed by atoms with E-state index >= 15 is 0 Å². The first-order chi connectivity index (χ1) is 12.6. The number of rotatable bonds is 5. The molecule has 0 bridgehead atoms. The number of anilines is 1. The van der Waals surface area contributed by atoms with Crippen LogP contribution in [0.15, 0.2) is 29.4 Å². The fraction of sp³-hybridized carbons (Fsp3) is 0.550. The highest BCUT2D eigenvalue weighted by atomic mass is 32.2. The Morgan fingerprint density at radius 2 is 1.96 bits per heavy atom. The highest BCUT2D eigenvalue weighted by molar-refractivity contribution is 8.00. The van der Waals surface area contributed by atoms with Crippen molar-refractivity contribution in [1.82, 2.24) is 14.8 Å². The monoisotopic (exact) mass is 368 g/mol.